The maximum Gasteiger partial charge on any atom is 0.270 e. The minimum absolute atomic E-state index is 0.0157. The Balaban J connectivity index is 1.99. The third-order valence-electron chi connectivity index (χ3n) is 3.29. The maximum absolute atomic E-state index is 12.3. The molecule has 3 aromatic rings. The summed E-state index contributed by atoms with van der Waals surface area (Å²) in [5.74, 6) is -0.499. The molecule has 0 unspecified atom stereocenters. The van der Waals surface area contributed by atoms with Crippen LogP contribution in [-0.4, -0.2) is 15.3 Å². The Morgan fingerprint density at radius 3 is 2.86 bits per heavy atom. The number of halogens is 1. The highest BCUT2D eigenvalue weighted by atomic mass is 35.5. The van der Waals surface area contributed by atoms with Gasteiger partial charge in [-0.05, 0) is 42.8 Å². The number of aryl methyl sites for hydroxylation is 1. The molecule has 110 valence electrons. The van der Waals surface area contributed by atoms with Crippen molar-refractivity contribution >= 4 is 28.8 Å². The molecule has 0 saturated carbocycles. The van der Waals surface area contributed by atoms with Crippen molar-refractivity contribution in [1.29, 1.82) is 0 Å². The molecule has 0 atom stereocenters. The first-order valence-corrected chi connectivity index (χ1v) is 6.98. The minimum Gasteiger partial charge on any atom is -0.322 e. The third-order valence-corrected chi connectivity index (χ3v) is 3.53. The fourth-order valence-corrected chi connectivity index (χ4v) is 2.37. The van der Waals surface area contributed by atoms with Gasteiger partial charge in [0.1, 0.15) is 11.2 Å². The Morgan fingerprint density at radius 2 is 2.09 bits per heavy atom. The van der Waals surface area contributed by atoms with Crippen LogP contribution in [0.15, 0.2) is 53.6 Å². The van der Waals surface area contributed by atoms with Crippen LogP contribution < -0.4 is 10.9 Å². The van der Waals surface area contributed by atoms with Crippen molar-refractivity contribution < 1.29 is 4.79 Å². The highest BCUT2D eigenvalue weighted by molar-refractivity contribution is 6.30. The van der Waals surface area contributed by atoms with Gasteiger partial charge < -0.3 is 5.32 Å². The molecular formula is C16H12ClN3O2. The summed E-state index contributed by atoms with van der Waals surface area (Å²) in [7, 11) is 0. The zero-order valence-corrected chi connectivity index (χ0v) is 12.5. The van der Waals surface area contributed by atoms with Gasteiger partial charge in [0.15, 0.2) is 0 Å². The second-order valence-electron chi connectivity index (χ2n) is 4.82. The van der Waals surface area contributed by atoms with Crippen LogP contribution in [0.5, 0.6) is 0 Å². The summed E-state index contributed by atoms with van der Waals surface area (Å²) in [6.07, 6.45) is 2.87. The van der Waals surface area contributed by atoms with Gasteiger partial charge in [-0.1, -0.05) is 17.7 Å². The molecule has 0 saturated heterocycles. The van der Waals surface area contributed by atoms with E-state index in [0.29, 0.717) is 16.4 Å². The quantitative estimate of drug-likeness (QED) is 0.791. The Kier molecular flexibility index (Phi) is 3.65. The molecule has 0 bridgehead atoms. The summed E-state index contributed by atoms with van der Waals surface area (Å²) in [5.41, 5.74) is 1.49. The number of hydrogen-bond acceptors (Lipinski definition) is 3. The van der Waals surface area contributed by atoms with Crippen molar-refractivity contribution in [3.05, 3.63) is 75.3 Å². The van der Waals surface area contributed by atoms with Crippen LogP contribution in [-0.2, 0) is 0 Å². The Hall–Kier alpha value is -2.66. The zero-order chi connectivity index (χ0) is 15.7. The summed E-state index contributed by atoms with van der Waals surface area (Å²) in [4.78, 5) is 28.8. The van der Waals surface area contributed by atoms with E-state index in [2.05, 4.69) is 10.3 Å². The normalized spacial score (nSPS) is 10.6. The van der Waals surface area contributed by atoms with Crippen LogP contribution in [0, 0.1) is 6.92 Å². The average molecular weight is 314 g/mol. The van der Waals surface area contributed by atoms with E-state index in [1.54, 1.807) is 42.6 Å². The van der Waals surface area contributed by atoms with Gasteiger partial charge in [-0.2, -0.15) is 0 Å². The van der Waals surface area contributed by atoms with Crippen molar-refractivity contribution in [2.75, 3.05) is 5.32 Å². The second kappa shape index (κ2) is 5.61. The molecule has 0 radical (unpaired) electrons. The molecule has 5 nitrogen and oxygen atoms in total. The van der Waals surface area contributed by atoms with Crippen LogP contribution in [0.1, 0.15) is 15.9 Å². The molecule has 2 heterocycles. The predicted molar refractivity (Wildman–Crippen MR) is 85.6 cm³/mol. The minimum atomic E-state index is -0.499. The van der Waals surface area contributed by atoms with E-state index in [1.165, 1.54) is 10.6 Å². The van der Waals surface area contributed by atoms with Gasteiger partial charge >= 0.3 is 0 Å². The summed E-state index contributed by atoms with van der Waals surface area (Å²) < 4.78 is 1.34. The van der Waals surface area contributed by atoms with Crippen LogP contribution in [0.2, 0.25) is 5.02 Å². The number of benzene rings is 1. The topological polar surface area (TPSA) is 63.5 Å². The summed E-state index contributed by atoms with van der Waals surface area (Å²) in [6, 6.07) is 10.3. The number of anilines is 1. The predicted octanol–water partition coefficient (Wildman–Crippen LogP) is 2.91. The van der Waals surface area contributed by atoms with Crippen LogP contribution >= 0.6 is 11.6 Å². The Bertz CT molecular complexity index is 934. The monoisotopic (exact) mass is 313 g/mol. The molecule has 0 aliphatic rings. The van der Waals surface area contributed by atoms with E-state index in [9.17, 15) is 9.59 Å². The molecule has 1 N–H and O–H groups in total. The number of rotatable bonds is 2. The summed E-state index contributed by atoms with van der Waals surface area (Å²) in [6.45, 7) is 1.83. The molecule has 3 rings (SSSR count). The van der Waals surface area contributed by atoms with Gasteiger partial charge in [0.05, 0.1) is 0 Å². The van der Waals surface area contributed by atoms with Crippen LogP contribution in [0.3, 0.4) is 0 Å². The number of amides is 1. The Labute approximate surface area is 131 Å². The lowest BCUT2D eigenvalue weighted by atomic mass is 10.2. The van der Waals surface area contributed by atoms with Crippen LogP contribution in [0.4, 0.5) is 5.69 Å². The summed E-state index contributed by atoms with van der Waals surface area (Å²) in [5, 5.41) is 3.29. The SMILES string of the molecule is Cc1cc(Cl)ccc1NC(=O)c1cnc2ccccn2c1=O. The van der Waals surface area contributed by atoms with E-state index in [1.807, 2.05) is 6.92 Å². The number of nitrogens with one attached hydrogen (secondary N) is 1. The number of hydrogen-bond donors (Lipinski definition) is 1. The number of nitrogens with zero attached hydrogens (tertiary/aromatic N) is 2. The molecule has 0 fully saturated rings. The van der Waals surface area contributed by atoms with Gasteiger partial charge in [-0.3, -0.25) is 14.0 Å². The highest BCUT2D eigenvalue weighted by Crippen LogP contribution is 2.19. The van der Waals surface area contributed by atoms with E-state index >= 15 is 0 Å². The standard InChI is InChI=1S/C16H12ClN3O2/c1-10-8-11(17)5-6-13(10)19-15(21)12-9-18-14-4-2-3-7-20(14)16(12)22/h2-9H,1H3,(H,19,21). The zero-order valence-electron chi connectivity index (χ0n) is 11.7. The van der Waals surface area contributed by atoms with Crippen molar-refractivity contribution in [2.45, 2.75) is 6.92 Å². The molecular weight excluding hydrogens is 302 g/mol. The van der Waals surface area contributed by atoms with Crippen molar-refractivity contribution in [1.82, 2.24) is 9.38 Å². The third kappa shape index (κ3) is 2.58. The van der Waals surface area contributed by atoms with E-state index in [-0.39, 0.29) is 5.56 Å². The first-order chi connectivity index (χ1) is 10.6. The molecule has 22 heavy (non-hydrogen) atoms. The van der Waals surface area contributed by atoms with Crippen molar-refractivity contribution in [3.8, 4) is 0 Å². The molecule has 0 spiro atoms. The molecule has 0 aliphatic heterocycles. The van der Waals surface area contributed by atoms with Crippen molar-refractivity contribution in [2.24, 2.45) is 0 Å². The first kappa shape index (κ1) is 14.3. The largest absolute Gasteiger partial charge is 0.322 e. The molecule has 6 heteroatoms. The fraction of sp³-hybridized carbons (Fsp3) is 0.0625. The summed E-state index contributed by atoms with van der Waals surface area (Å²) >= 11 is 5.89. The highest BCUT2D eigenvalue weighted by Gasteiger charge is 2.14. The molecule has 2 aromatic heterocycles. The van der Waals surface area contributed by atoms with E-state index in [4.69, 9.17) is 11.6 Å². The number of fused-ring (bicyclic) bond motifs is 1. The Morgan fingerprint density at radius 1 is 1.27 bits per heavy atom. The van der Waals surface area contributed by atoms with E-state index in [0.717, 1.165) is 5.56 Å². The second-order valence-corrected chi connectivity index (χ2v) is 5.26. The lowest BCUT2D eigenvalue weighted by Gasteiger charge is -2.09. The van der Waals surface area contributed by atoms with Gasteiger partial charge in [0.2, 0.25) is 0 Å². The average Bonchev–Trinajstić information content (AvgIpc) is 2.50. The first-order valence-electron chi connectivity index (χ1n) is 6.60. The van der Waals surface area contributed by atoms with Gasteiger partial charge in [0, 0.05) is 23.1 Å². The maximum atomic E-state index is 12.3. The van der Waals surface area contributed by atoms with Gasteiger partial charge in [-0.25, -0.2) is 4.98 Å². The van der Waals surface area contributed by atoms with Crippen molar-refractivity contribution in [3.63, 3.8) is 0 Å². The molecule has 0 aliphatic carbocycles. The number of pyridine rings is 1. The lowest BCUT2D eigenvalue weighted by molar-refractivity contribution is 0.102. The number of carbonyl (C=O) groups is 1. The molecule has 1 aromatic carbocycles. The fourth-order valence-electron chi connectivity index (χ4n) is 2.14. The van der Waals surface area contributed by atoms with Gasteiger partial charge in [-0.15, -0.1) is 0 Å². The lowest BCUT2D eigenvalue weighted by Crippen LogP contribution is -2.26. The smallest absolute Gasteiger partial charge is 0.270 e. The number of carbonyl (C=O) groups excluding carboxylic acids is 1. The molecule has 1 amide bonds. The van der Waals surface area contributed by atoms with E-state index < -0.39 is 11.5 Å². The van der Waals surface area contributed by atoms with Gasteiger partial charge in [0.25, 0.3) is 11.5 Å². The number of aromatic nitrogens is 2. The van der Waals surface area contributed by atoms with Crippen LogP contribution in [0.25, 0.3) is 5.65 Å².